The van der Waals surface area contributed by atoms with Crippen molar-refractivity contribution in [2.75, 3.05) is 5.75 Å². The number of carbonyl (C=O) groups is 1. The SMILES string of the molecule is Cc1ncc([N+](=O)[O-])n1CCSNC(=O)O. The predicted molar refractivity (Wildman–Crippen MR) is 57.2 cm³/mol. The summed E-state index contributed by atoms with van der Waals surface area (Å²) in [5.41, 5.74) is 0. The van der Waals surface area contributed by atoms with Gasteiger partial charge in [0.1, 0.15) is 12.7 Å². The highest BCUT2D eigenvalue weighted by molar-refractivity contribution is 7.97. The average molecular weight is 246 g/mol. The summed E-state index contributed by atoms with van der Waals surface area (Å²) in [6.07, 6.45) is 0.0480. The Bertz CT molecular complexity index is 405. The van der Waals surface area contributed by atoms with E-state index in [1.54, 1.807) is 6.92 Å². The smallest absolute Gasteiger partial charge is 0.414 e. The third-order valence-corrected chi connectivity index (χ3v) is 2.50. The molecule has 0 atom stereocenters. The van der Waals surface area contributed by atoms with Crippen molar-refractivity contribution in [2.24, 2.45) is 0 Å². The highest BCUT2D eigenvalue weighted by atomic mass is 32.2. The minimum Gasteiger partial charge on any atom is -0.464 e. The molecule has 0 bridgehead atoms. The molecule has 0 unspecified atom stereocenters. The van der Waals surface area contributed by atoms with E-state index < -0.39 is 11.0 Å². The maximum absolute atomic E-state index is 10.6. The van der Waals surface area contributed by atoms with Crippen LogP contribution in [0.25, 0.3) is 0 Å². The van der Waals surface area contributed by atoms with Crippen LogP contribution in [0.15, 0.2) is 6.20 Å². The van der Waals surface area contributed by atoms with Crippen LogP contribution in [-0.2, 0) is 6.54 Å². The number of aryl methyl sites for hydroxylation is 1. The van der Waals surface area contributed by atoms with E-state index in [1.807, 2.05) is 0 Å². The van der Waals surface area contributed by atoms with Crippen LogP contribution in [0.3, 0.4) is 0 Å². The number of amides is 1. The Hall–Kier alpha value is -1.77. The maximum Gasteiger partial charge on any atom is 0.414 e. The number of nitro groups is 1. The van der Waals surface area contributed by atoms with Crippen LogP contribution >= 0.6 is 11.9 Å². The summed E-state index contributed by atoms with van der Waals surface area (Å²) in [7, 11) is 0. The first-order valence-electron chi connectivity index (χ1n) is 4.29. The molecule has 8 nitrogen and oxygen atoms in total. The fraction of sp³-hybridized carbons (Fsp3) is 0.429. The lowest BCUT2D eigenvalue weighted by Gasteiger charge is -2.02. The second-order valence-electron chi connectivity index (χ2n) is 2.83. The van der Waals surface area contributed by atoms with Crippen LogP contribution in [-0.4, -0.2) is 31.4 Å². The van der Waals surface area contributed by atoms with E-state index >= 15 is 0 Å². The molecule has 1 amide bonds. The minimum absolute atomic E-state index is 0.0894. The van der Waals surface area contributed by atoms with Gasteiger partial charge in [-0.2, -0.15) is 0 Å². The van der Waals surface area contributed by atoms with Gasteiger partial charge in [0.05, 0.1) is 5.75 Å². The first kappa shape index (κ1) is 12.3. The van der Waals surface area contributed by atoms with E-state index in [4.69, 9.17) is 5.11 Å². The van der Waals surface area contributed by atoms with Gasteiger partial charge >= 0.3 is 11.9 Å². The number of hydrogen-bond acceptors (Lipinski definition) is 5. The molecule has 0 aliphatic carbocycles. The van der Waals surface area contributed by atoms with E-state index in [-0.39, 0.29) is 5.82 Å². The van der Waals surface area contributed by atoms with Crippen LogP contribution in [0.2, 0.25) is 0 Å². The Labute approximate surface area is 94.9 Å². The first-order chi connectivity index (χ1) is 7.52. The highest BCUT2D eigenvalue weighted by Crippen LogP contribution is 2.14. The highest BCUT2D eigenvalue weighted by Gasteiger charge is 2.16. The van der Waals surface area contributed by atoms with Gasteiger partial charge in [0, 0.05) is 6.92 Å². The minimum atomic E-state index is -1.14. The van der Waals surface area contributed by atoms with Crippen molar-refractivity contribution in [1.82, 2.24) is 14.3 Å². The number of rotatable bonds is 5. The summed E-state index contributed by atoms with van der Waals surface area (Å²) >= 11 is 0.968. The molecule has 1 rings (SSSR count). The number of nitrogens with one attached hydrogen (secondary N) is 1. The van der Waals surface area contributed by atoms with E-state index in [0.717, 1.165) is 11.9 Å². The molecule has 9 heteroatoms. The van der Waals surface area contributed by atoms with Gasteiger partial charge in [0.25, 0.3) is 0 Å². The van der Waals surface area contributed by atoms with Crippen molar-refractivity contribution in [3.8, 4) is 0 Å². The van der Waals surface area contributed by atoms with Gasteiger partial charge in [-0.25, -0.2) is 14.3 Å². The van der Waals surface area contributed by atoms with Gasteiger partial charge in [-0.05, 0) is 16.9 Å². The number of imidazole rings is 1. The second-order valence-corrected chi connectivity index (χ2v) is 3.73. The molecule has 2 N–H and O–H groups in total. The summed E-state index contributed by atoms with van der Waals surface area (Å²) in [6, 6.07) is 0. The standard InChI is InChI=1S/C7H10N4O4S/c1-5-8-4-6(11(14)15)10(5)2-3-16-9-7(12)13/h4,9H,2-3H2,1H3,(H,12,13). The second kappa shape index (κ2) is 5.35. The van der Waals surface area contributed by atoms with Crippen molar-refractivity contribution in [3.63, 3.8) is 0 Å². The number of aromatic nitrogens is 2. The lowest BCUT2D eigenvalue weighted by atomic mass is 10.6. The fourth-order valence-corrected chi connectivity index (χ4v) is 1.63. The zero-order chi connectivity index (χ0) is 12.1. The first-order valence-corrected chi connectivity index (χ1v) is 5.28. The molecule has 0 spiro atoms. The predicted octanol–water partition coefficient (Wildman–Crippen LogP) is 1.02. The molecule has 0 saturated carbocycles. The van der Waals surface area contributed by atoms with Crippen LogP contribution in [0.5, 0.6) is 0 Å². The molecule has 1 heterocycles. The largest absolute Gasteiger partial charge is 0.464 e. The van der Waals surface area contributed by atoms with E-state index in [9.17, 15) is 14.9 Å². The van der Waals surface area contributed by atoms with Gasteiger partial charge in [-0.15, -0.1) is 0 Å². The zero-order valence-corrected chi connectivity index (χ0v) is 9.23. The van der Waals surface area contributed by atoms with Crippen LogP contribution in [0.4, 0.5) is 10.6 Å². The van der Waals surface area contributed by atoms with Gasteiger partial charge in [-0.1, -0.05) is 0 Å². The molecular weight excluding hydrogens is 236 g/mol. The van der Waals surface area contributed by atoms with Crippen molar-refractivity contribution < 1.29 is 14.8 Å². The van der Waals surface area contributed by atoms with Crippen molar-refractivity contribution in [2.45, 2.75) is 13.5 Å². The van der Waals surface area contributed by atoms with Crippen molar-refractivity contribution >= 4 is 23.9 Å². The molecule has 0 aliphatic heterocycles. The number of carboxylic acid groups (broad SMARTS) is 1. The fourth-order valence-electron chi connectivity index (χ4n) is 1.13. The molecule has 0 aromatic carbocycles. The van der Waals surface area contributed by atoms with E-state index in [0.29, 0.717) is 18.1 Å². The Morgan fingerprint density at radius 1 is 1.81 bits per heavy atom. The summed E-state index contributed by atoms with van der Waals surface area (Å²) in [4.78, 5) is 24.1. The van der Waals surface area contributed by atoms with Gasteiger partial charge in [0.2, 0.25) is 0 Å². The maximum atomic E-state index is 10.6. The third-order valence-electron chi connectivity index (χ3n) is 1.80. The summed E-state index contributed by atoms with van der Waals surface area (Å²) < 4.78 is 3.53. The quantitative estimate of drug-likeness (QED) is 0.347. The van der Waals surface area contributed by atoms with Gasteiger partial charge in [-0.3, -0.25) is 4.72 Å². The molecule has 0 aliphatic rings. The lowest BCUT2D eigenvalue weighted by Crippen LogP contribution is -2.15. The van der Waals surface area contributed by atoms with Crippen LogP contribution in [0, 0.1) is 17.0 Å². The van der Waals surface area contributed by atoms with E-state index in [2.05, 4.69) is 9.71 Å². The molecule has 1 aromatic heterocycles. The van der Waals surface area contributed by atoms with Crippen LogP contribution < -0.4 is 4.72 Å². The molecular formula is C7H10N4O4S. The molecule has 16 heavy (non-hydrogen) atoms. The van der Waals surface area contributed by atoms with Crippen molar-refractivity contribution in [3.05, 3.63) is 22.1 Å². The summed E-state index contributed by atoms with van der Waals surface area (Å²) in [5, 5.41) is 18.9. The van der Waals surface area contributed by atoms with Crippen molar-refractivity contribution in [1.29, 1.82) is 0 Å². The topological polar surface area (TPSA) is 110 Å². The average Bonchev–Trinajstić information content (AvgIpc) is 2.54. The van der Waals surface area contributed by atoms with Crippen LogP contribution in [0.1, 0.15) is 5.82 Å². The lowest BCUT2D eigenvalue weighted by molar-refractivity contribution is -0.392. The molecule has 0 fully saturated rings. The number of hydrogen-bond donors (Lipinski definition) is 2. The monoisotopic (exact) mass is 246 g/mol. The van der Waals surface area contributed by atoms with Gasteiger partial charge < -0.3 is 15.2 Å². The molecule has 0 radical (unpaired) electrons. The summed E-state index contributed by atoms with van der Waals surface area (Å²) in [6.45, 7) is 1.98. The number of nitrogens with zero attached hydrogens (tertiary/aromatic N) is 3. The van der Waals surface area contributed by atoms with E-state index in [1.165, 1.54) is 10.8 Å². The summed E-state index contributed by atoms with van der Waals surface area (Å²) in [5.74, 6) is 0.834. The third kappa shape index (κ3) is 3.12. The Morgan fingerprint density at radius 3 is 3.06 bits per heavy atom. The Balaban J connectivity index is 2.56. The normalized spacial score (nSPS) is 10.1. The van der Waals surface area contributed by atoms with Gasteiger partial charge in [0.15, 0.2) is 5.82 Å². The Kier molecular flexibility index (Phi) is 4.11. The zero-order valence-electron chi connectivity index (χ0n) is 8.41. The Morgan fingerprint density at radius 2 is 2.50 bits per heavy atom. The molecule has 1 aromatic rings. The molecule has 0 saturated heterocycles. The molecule has 88 valence electrons.